The molecule has 0 atom stereocenters. The molecule has 0 amide bonds. The molecule has 2 aromatic carbocycles. The Bertz CT molecular complexity index is 611. The van der Waals surface area contributed by atoms with Crippen molar-refractivity contribution >= 4 is 21.9 Å². The van der Waals surface area contributed by atoms with Crippen molar-refractivity contribution in [2.24, 2.45) is 0 Å². The summed E-state index contributed by atoms with van der Waals surface area (Å²) in [6.45, 7) is 0.300. The quantitative estimate of drug-likeness (QED) is 0.901. The van der Waals surface area contributed by atoms with Crippen LogP contribution in [-0.2, 0) is 17.8 Å². The molecule has 0 heterocycles. The van der Waals surface area contributed by atoms with E-state index in [9.17, 15) is 9.18 Å². The van der Waals surface area contributed by atoms with Crippen molar-refractivity contribution in [2.45, 2.75) is 13.0 Å². The molecule has 5 heteroatoms. The summed E-state index contributed by atoms with van der Waals surface area (Å²) in [5.41, 5.74) is 1.62. The van der Waals surface area contributed by atoms with E-state index in [2.05, 4.69) is 15.9 Å². The largest absolute Gasteiger partial charge is 0.489 e. The summed E-state index contributed by atoms with van der Waals surface area (Å²) in [4.78, 5) is 10.6. The van der Waals surface area contributed by atoms with Gasteiger partial charge < -0.3 is 9.84 Å². The maximum Gasteiger partial charge on any atom is 0.307 e. The maximum atomic E-state index is 13.3. The number of carboxylic acids is 1. The van der Waals surface area contributed by atoms with Crippen LogP contribution in [0.2, 0.25) is 0 Å². The van der Waals surface area contributed by atoms with E-state index in [1.807, 2.05) is 0 Å². The molecule has 104 valence electrons. The standard InChI is InChI=1S/C15H12BrFO3/c16-13-6-5-12(8-14(13)17)20-9-11-3-1-10(2-4-11)7-15(18)19/h1-6,8H,7,9H2,(H,18,19). The van der Waals surface area contributed by atoms with Gasteiger partial charge in [0, 0.05) is 6.07 Å². The highest BCUT2D eigenvalue weighted by atomic mass is 79.9. The highest BCUT2D eigenvalue weighted by Crippen LogP contribution is 2.21. The lowest BCUT2D eigenvalue weighted by Crippen LogP contribution is -2.01. The fraction of sp³-hybridized carbons (Fsp3) is 0.133. The zero-order valence-electron chi connectivity index (χ0n) is 10.5. The highest BCUT2D eigenvalue weighted by molar-refractivity contribution is 9.10. The number of hydrogen-bond donors (Lipinski definition) is 1. The van der Waals surface area contributed by atoms with E-state index in [-0.39, 0.29) is 12.2 Å². The molecule has 2 rings (SSSR count). The summed E-state index contributed by atoms with van der Waals surface area (Å²) in [5, 5.41) is 8.67. The number of aliphatic carboxylic acids is 1. The summed E-state index contributed by atoms with van der Waals surface area (Å²) in [6, 6.07) is 11.7. The Labute approximate surface area is 124 Å². The van der Waals surface area contributed by atoms with Crippen molar-refractivity contribution in [2.75, 3.05) is 0 Å². The van der Waals surface area contributed by atoms with E-state index < -0.39 is 5.97 Å². The van der Waals surface area contributed by atoms with Crippen molar-refractivity contribution in [3.8, 4) is 5.75 Å². The molecule has 20 heavy (non-hydrogen) atoms. The normalized spacial score (nSPS) is 10.3. The van der Waals surface area contributed by atoms with Gasteiger partial charge in [0.05, 0.1) is 10.9 Å². The number of carboxylic acid groups (broad SMARTS) is 1. The Hall–Kier alpha value is -1.88. The lowest BCUT2D eigenvalue weighted by Gasteiger charge is -2.07. The molecule has 0 saturated heterocycles. The van der Waals surface area contributed by atoms with Gasteiger partial charge in [-0.05, 0) is 39.2 Å². The lowest BCUT2D eigenvalue weighted by molar-refractivity contribution is -0.136. The van der Waals surface area contributed by atoms with Crippen molar-refractivity contribution < 1.29 is 19.0 Å². The molecule has 0 spiro atoms. The van der Waals surface area contributed by atoms with Crippen molar-refractivity contribution in [1.29, 1.82) is 0 Å². The van der Waals surface area contributed by atoms with Crippen LogP contribution in [0.15, 0.2) is 46.9 Å². The van der Waals surface area contributed by atoms with Gasteiger partial charge >= 0.3 is 5.97 Å². The minimum atomic E-state index is -0.862. The molecule has 0 aliphatic heterocycles. The average Bonchev–Trinajstić information content (AvgIpc) is 2.41. The van der Waals surface area contributed by atoms with Crippen LogP contribution < -0.4 is 4.74 Å². The van der Waals surface area contributed by atoms with E-state index in [1.165, 1.54) is 6.07 Å². The number of halogens is 2. The smallest absolute Gasteiger partial charge is 0.307 e. The number of carbonyl (C=O) groups is 1. The van der Waals surface area contributed by atoms with Crippen LogP contribution in [0, 0.1) is 5.82 Å². The fourth-order valence-corrected chi connectivity index (χ4v) is 1.91. The van der Waals surface area contributed by atoms with Gasteiger partial charge in [-0.1, -0.05) is 24.3 Å². The van der Waals surface area contributed by atoms with Gasteiger partial charge in [0.1, 0.15) is 18.2 Å². The van der Waals surface area contributed by atoms with Gasteiger partial charge in [-0.2, -0.15) is 0 Å². The molecule has 0 fully saturated rings. The Morgan fingerprint density at radius 2 is 1.80 bits per heavy atom. The third-order valence-electron chi connectivity index (χ3n) is 2.67. The predicted molar refractivity (Wildman–Crippen MR) is 76.2 cm³/mol. The van der Waals surface area contributed by atoms with Gasteiger partial charge in [-0.15, -0.1) is 0 Å². The summed E-state index contributed by atoms with van der Waals surface area (Å²) in [6.07, 6.45) is -0.000932. The summed E-state index contributed by atoms with van der Waals surface area (Å²) in [7, 11) is 0. The van der Waals surface area contributed by atoms with Crippen LogP contribution in [0.25, 0.3) is 0 Å². The first kappa shape index (κ1) is 14.5. The van der Waals surface area contributed by atoms with Crippen molar-refractivity contribution in [3.63, 3.8) is 0 Å². The van der Waals surface area contributed by atoms with Gasteiger partial charge in [0.25, 0.3) is 0 Å². The molecule has 0 aliphatic carbocycles. The first-order chi connectivity index (χ1) is 9.54. The zero-order chi connectivity index (χ0) is 14.5. The lowest BCUT2D eigenvalue weighted by atomic mass is 10.1. The molecule has 0 bridgehead atoms. The van der Waals surface area contributed by atoms with E-state index in [0.717, 1.165) is 11.1 Å². The summed E-state index contributed by atoms with van der Waals surface area (Å²) < 4.78 is 19.2. The molecule has 0 aliphatic rings. The van der Waals surface area contributed by atoms with E-state index in [1.54, 1.807) is 36.4 Å². The summed E-state index contributed by atoms with van der Waals surface area (Å²) >= 11 is 3.07. The predicted octanol–water partition coefficient (Wildman–Crippen LogP) is 3.79. The Kier molecular flexibility index (Phi) is 4.74. The van der Waals surface area contributed by atoms with Gasteiger partial charge in [0.2, 0.25) is 0 Å². The van der Waals surface area contributed by atoms with Gasteiger partial charge in [0.15, 0.2) is 0 Å². The SMILES string of the molecule is O=C(O)Cc1ccc(COc2ccc(Br)c(F)c2)cc1. The fourth-order valence-electron chi connectivity index (χ4n) is 1.66. The Balaban J connectivity index is 1.96. The minimum absolute atomic E-state index is 0.000932. The number of rotatable bonds is 5. The Morgan fingerprint density at radius 3 is 2.40 bits per heavy atom. The molecular formula is C15H12BrFO3. The van der Waals surface area contributed by atoms with E-state index in [0.29, 0.717) is 16.8 Å². The molecule has 0 aromatic heterocycles. The van der Waals surface area contributed by atoms with Crippen molar-refractivity contribution in [3.05, 3.63) is 63.9 Å². The van der Waals surface area contributed by atoms with Gasteiger partial charge in [-0.25, -0.2) is 4.39 Å². The van der Waals surface area contributed by atoms with Crippen LogP contribution in [0.3, 0.4) is 0 Å². The molecular weight excluding hydrogens is 327 g/mol. The number of benzene rings is 2. The van der Waals surface area contributed by atoms with Gasteiger partial charge in [-0.3, -0.25) is 4.79 Å². The molecule has 2 aromatic rings. The monoisotopic (exact) mass is 338 g/mol. The minimum Gasteiger partial charge on any atom is -0.489 e. The third kappa shape index (κ3) is 4.06. The molecule has 0 saturated carbocycles. The highest BCUT2D eigenvalue weighted by Gasteiger charge is 2.03. The molecule has 3 nitrogen and oxygen atoms in total. The van der Waals surface area contributed by atoms with E-state index >= 15 is 0 Å². The van der Waals surface area contributed by atoms with Crippen LogP contribution >= 0.6 is 15.9 Å². The second kappa shape index (κ2) is 6.52. The van der Waals surface area contributed by atoms with E-state index in [4.69, 9.17) is 9.84 Å². The second-order valence-electron chi connectivity index (χ2n) is 4.25. The second-order valence-corrected chi connectivity index (χ2v) is 5.11. The first-order valence-electron chi connectivity index (χ1n) is 5.92. The summed E-state index contributed by atoms with van der Waals surface area (Å²) in [5.74, 6) is -0.793. The van der Waals surface area contributed by atoms with Crippen LogP contribution in [-0.4, -0.2) is 11.1 Å². The third-order valence-corrected chi connectivity index (χ3v) is 3.32. The first-order valence-corrected chi connectivity index (χ1v) is 6.71. The number of hydrogen-bond acceptors (Lipinski definition) is 2. The molecule has 0 radical (unpaired) electrons. The molecule has 1 N–H and O–H groups in total. The van der Waals surface area contributed by atoms with Crippen LogP contribution in [0.4, 0.5) is 4.39 Å². The average molecular weight is 339 g/mol. The van der Waals surface area contributed by atoms with Crippen LogP contribution in [0.1, 0.15) is 11.1 Å². The van der Waals surface area contributed by atoms with Crippen molar-refractivity contribution in [1.82, 2.24) is 0 Å². The molecule has 0 unspecified atom stereocenters. The van der Waals surface area contributed by atoms with Crippen LogP contribution in [0.5, 0.6) is 5.75 Å². The Morgan fingerprint density at radius 1 is 1.15 bits per heavy atom. The topological polar surface area (TPSA) is 46.5 Å². The number of ether oxygens (including phenoxy) is 1. The maximum absolute atomic E-state index is 13.3. The zero-order valence-corrected chi connectivity index (χ0v) is 12.1.